The van der Waals surface area contributed by atoms with Gasteiger partial charge in [0.05, 0.1) is 12.2 Å². The lowest BCUT2D eigenvalue weighted by Crippen LogP contribution is -2.24. The number of hydrogen-bond acceptors (Lipinski definition) is 4. The van der Waals surface area contributed by atoms with Gasteiger partial charge in [-0.25, -0.2) is 4.68 Å². The van der Waals surface area contributed by atoms with Crippen molar-refractivity contribution in [3.8, 4) is 0 Å². The molecule has 0 radical (unpaired) electrons. The first-order chi connectivity index (χ1) is 8.28. The van der Waals surface area contributed by atoms with Crippen molar-refractivity contribution < 1.29 is 0 Å². The van der Waals surface area contributed by atoms with Crippen LogP contribution < -0.4 is 5.32 Å². The minimum atomic E-state index is 0.257. The van der Waals surface area contributed by atoms with Crippen molar-refractivity contribution in [1.29, 1.82) is 0 Å². The molecule has 3 heterocycles. The molecule has 0 fully saturated rings. The average molecular weight is 232 g/mol. The van der Waals surface area contributed by atoms with Crippen LogP contribution in [0, 0.1) is 0 Å². The number of aryl methyl sites for hydroxylation is 2. The van der Waals surface area contributed by atoms with Crippen molar-refractivity contribution in [2.45, 2.75) is 25.8 Å². The van der Waals surface area contributed by atoms with Crippen molar-refractivity contribution in [2.24, 2.45) is 7.05 Å². The molecule has 6 nitrogen and oxygen atoms in total. The van der Waals surface area contributed by atoms with Crippen molar-refractivity contribution >= 4 is 5.95 Å². The Balaban J connectivity index is 2.01. The molecule has 0 saturated heterocycles. The van der Waals surface area contributed by atoms with Crippen LogP contribution >= 0.6 is 0 Å². The highest BCUT2D eigenvalue weighted by molar-refractivity contribution is 5.31. The van der Waals surface area contributed by atoms with E-state index in [0.29, 0.717) is 0 Å². The number of anilines is 1. The molecule has 1 N–H and O–H groups in total. The zero-order valence-corrected chi connectivity index (χ0v) is 10.1. The van der Waals surface area contributed by atoms with Crippen LogP contribution in [0.25, 0.3) is 0 Å². The minimum Gasteiger partial charge on any atom is -0.354 e. The second-order valence-electron chi connectivity index (χ2n) is 4.33. The lowest BCUT2D eigenvalue weighted by Gasteiger charge is -2.23. The van der Waals surface area contributed by atoms with Crippen LogP contribution in [0.4, 0.5) is 5.95 Å². The summed E-state index contributed by atoms with van der Waals surface area (Å²) in [5.41, 5.74) is 1.20. The molecule has 2 aromatic rings. The summed E-state index contributed by atoms with van der Waals surface area (Å²) in [6.45, 7) is 3.00. The van der Waals surface area contributed by atoms with Crippen LogP contribution in [-0.4, -0.2) is 31.1 Å². The monoisotopic (exact) mass is 232 g/mol. The van der Waals surface area contributed by atoms with Gasteiger partial charge in [0.1, 0.15) is 0 Å². The largest absolute Gasteiger partial charge is 0.354 e. The SMILES string of the molecule is CCc1nc2n(n1)C(c1cnn(C)c1)CCN2. The summed E-state index contributed by atoms with van der Waals surface area (Å²) in [5, 5.41) is 12.1. The van der Waals surface area contributed by atoms with E-state index in [2.05, 4.69) is 27.4 Å². The smallest absolute Gasteiger partial charge is 0.221 e. The fraction of sp³-hybridized carbons (Fsp3) is 0.545. The van der Waals surface area contributed by atoms with E-state index in [9.17, 15) is 0 Å². The highest BCUT2D eigenvalue weighted by Crippen LogP contribution is 2.27. The first kappa shape index (κ1) is 10.3. The Morgan fingerprint density at radius 1 is 1.53 bits per heavy atom. The van der Waals surface area contributed by atoms with Gasteiger partial charge in [0, 0.05) is 31.8 Å². The van der Waals surface area contributed by atoms with Gasteiger partial charge in [-0.15, -0.1) is 0 Å². The Kier molecular flexibility index (Phi) is 2.35. The Labute approximate surface area is 99.7 Å². The molecule has 3 rings (SSSR count). The third-order valence-corrected chi connectivity index (χ3v) is 3.10. The van der Waals surface area contributed by atoms with E-state index in [4.69, 9.17) is 0 Å². The van der Waals surface area contributed by atoms with Gasteiger partial charge in [-0.05, 0) is 6.42 Å². The summed E-state index contributed by atoms with van der Waals surface area (Å²) in [5.74, 6) is 1.77. The van der Waals surface area contributed by atoms with Gasteiger partial charge < -0.3 is 5.32 Å². The maximum absolute atomic E-state index is 4.54. The third-order valence-electron chi connectivity index (χ3n) is 3.10. The highest BCUT2D eigenvalue weighted by atomic mass is 15.4. The molecule has 0 aliphatic carbocycles. The third kappa shape index (κ3) is 1.69. The quantitative estimate of drug-likeness (QED) is 0.838. The standard InChI is InChI=1S/C11H16N6/c1-3-10-14-11-12-5-4-9(17(11)15-10)8-6-13-16(2)7-8/h6-7,9H,3-5H2,1-2H3,(H,12,14,15). The molecule has 1 aliphatic heterocycles. The molecule has 2 aromatic heterocycles. The molecular formula is C11H16N6. The normalized spacial score (nSPS) is 18.8. The molecule has 90 valence electrons. The van der Waals surface area contributed by atoms with Crippen LogP contribution in [0.15, 0.2) is 12.4 Å². The van der Waals surface area contributed by atoms with Gasteiger partial charge in [-0.2, -0.15) is 15.2 Å². The van der Waals surface area contributed by atoms with Crippen LogP contribution in [0.2, 0.25) is 0 Å². The molecule has 6 heteroatoms. The second kappa shape index (κ2) is 3.87. The highest BCUT2D eigenvalue weighted by Gasteiger charge is 2.24. The van der Waals surface area contributed by atoms with Crippen molar-refractivity contribution in [3.05, 3.63) is 23.8 Å². The Hall–Kier alpha value is -1.85. The van der Waals surface area contributed by atoms with Gasteiger partial charge in [-0.1, -0.05) is 6.92 Å². The number of nitrogens with zero attached hydrogens (tertiary/aromatic N) is 5. The van der Waals surface area contributed by atoms with E-state index >= 15 is 0 Å². The Bertz CT molecular complexity index is 526. The van der Waals surface area contributed by atoms with Gasteiger partial charge in [0.2, 0.25) is 5.95 Å². The van der Waals surface area contributed by atoms with E-state index in [1.807, 2.05) is 28.8 Å². The molecule has 0 saturated carbocycles. The molecule has 1 unspecified atom stereocenters. The summed E-state index contributed by atoms with van der Waals surface area (Å²) in [4.78, 5) is 4.47. The van der Waals surface area contributed by atoms with Crippen molar-refractivity contribution in [3.63, 3.8) is 0 Å². The molecule has 0 amide bonds. The van der Waals surface area contributed by atoms with Crippen molar-refractivity contribution in [2.75, 3.05) is 11.9 Å². The fourth-order valence-electron chi connectivity index (χ4n) is 2.22. The van der Waals surface area contributed by atoms with Crippen LogP contribution in [0.3, 0.4) is 0 Å². The summed E-state index contributed by atoms with van der Waals surface area (Å²) in [6, 6.07) is 0.257. The molecule has 1 atom stereocenters. The zero-order chi connectivity index (χ0) is 11.8. The van der Waals surface area contributed by atoms with Gasteiger partial charge >= 0.3 is 0 Å². The lowest BCUT2D eigenvalue weighted by atomic mass is 10.1. The average Bonchev–Trinajstić information content (AvgIpc) is 2.93. The van der Waals surface area contributed by atoms with Gasteiger partial charge in [0.25, 0.3) is 0 Å². The van der Waals surface area contributed by atoms with E-state index in [-0.39, 0.29) is 6.04 Å². The maximum Gasteiger partial charge on any atom is 0.221 e. The predicted molar refractivity (Wildman–Crippen MR) is 63.9 cm³/mol. The summed E-state index contributed by atoms with van der Waals surface area (Å²) in [6.07, 6.45) is 5.84. The molecule has 17 heavy (non-hydrogen) atoms. The maximum atomic E-state index is 4.54. The molecule has 0 aromatic carbocycles. The topological polar surface area (TPSA) is 60.6 Å². The van der Waals surface area contributed by atoms with E-state index in [1.165, 1.54) is 5.56 Å². The van der Waals surface area contributed by atoms with Crippen LogP contribution in [0.1, 0.15) is 30.8 Å². The minimum absolute atomic E-state index is 0.257. The molecule has 1 aliphatic rings. The molecule has 0 bridgehead atoms. The number of hydrogen-bond donors (Lipinski definition) is 1. The molecular weight excluding hydrogens is 216 g/mol. The number of fused-ring (bicyclic) bond motifs is 1. The predicted octanol–water partition coefficient (Wildman–Crippen LogP) is 0.979. The van der Waals surface area contributed by atoms with E-state index < -0.39 is 0 Å². The first-order valence-corrected chi connectivity index (χ1v) is 5.95. The van der Waals surface area contributed by atoms with E-state index in [0.717, 1.165) is 31.2 Å². The first-order valence-electron chi connectivity index (χ1n) is 5.95. The van der Waals surface area contributed by atoms with E-state index in [1.54, 1.807) is 0 Å². The zero-order valence-electron chi connectivity index (χ0n) is 10.1. The summed E-state index contributed by atoms with van der Waals surface area (Å²) >= 11 is 0. The van der Waals surface area contributed by atoms with Gasteiger partial charge in [-0.3, -0.25) is 4.68 Å². The number of aromatic nitrogens is 5. The Morgan fingerprint density at radius 3 is 3.12 bits per heavy atom. The number of nitrogens with one attached hydrogen (secondary N) is 1. The fourth-order valence-corrected chi connectivity index (χ4v) is 2.22. The second-order valence-corrected chi connectivity index (χ2v) is 4.33. The summed E-state index contributed by atoms with van der Waals surface area (Å²) < 4.78 is 3.81. The number of rotatable bonds is 2. The summed E-state index contributed by atoms with van der Waals surface area (Å²) in [7, 11) is 1.93. The Morgan fingerprint density at radius 2 is 2.41 bits per heavy atom. The molecule has 0 spiro atoms. The lowest BCUT2D eigenvalue weighted by molar-refractivity contribution is 0.477. The van der Waals surface area contributed by atoms with Gasteiger partial charge in [0.15, 0.2) is 5.82 Å². The van der Waals surface area contributed by atoms with Crippen LogP contribution in [-0.2, 0) is 13.5 Å². The van der Waals surface area contributed by atoms with Crippen molar-refractivity contribution in [1.82, 2.24) is 24.5 Å². The van der Waals surface area contributed by atoms with Crippen LogP contribution in [0.5, 0.6) is 0 Å².